The predicted molar refractivity (Wildman–Crippen MR) is 84.2 cm³/mol. The van der Waals surface area contributed by atoms with Crippen LogP contribution in [0.25, 0.3) is 0 Å². The summed E-state index contributed by atoms with van der Waals surface area (Å²) in [5, 5.41) is 3.41. The Kier molecular flexibility index (Phi) is 5.35. The first-order chi connectivity index (χ1) is 9.56. The van der Waals surface area contributed by atoms with Gasteiger partial charge in [-0.3, -0.25) is 4.90 Å². The second kappa shape index (κ2) is 7.02. The molecule has 0 amide bonds. The van der Waals surface area contributed by atoms with Gasteiger partial charge in [-0.2, -0.15) is 0 Å². The van der Waals surface area contributed by atoms with Crippen LogP contribution < -0.4 is 5.32 Å². The number of aryl methyl sites for hydroxylation is 1. The normalized spacial score (nSPS) is 18.2. The van der Waals surface area contributed by atoms with E-state index in [4.69, 9.17) is 0 Å². The summed E-state index contributed by atoms with van der Waals surface area (Å²) in [5.41, 5.74) is 2.16. The maximum Gasteiger partial charge on any atom is 0.223 e. The molecule has 1 atom stereocenters. The van der Waals surface area contributed by atoms with Crippen molar-refractivity contribution < 1.29 is 0 Å². The lowest BCUT2D eigenvalue weighted by Crippen LogP contribution is -2.41. The zero-order valence-corrected chi connectivity index (χ0v) is 13.3. The Morgan fingerprint density at radius 2 is 1.85 bits per heavy atom. The van der Waals surface area contributed by atoms with Crippen LogP contribution in [0.2, 0.25) is 0 Å². The maximum atomic E-state index is 4.61. The molecule has 1 aliphatic heterocycles. The highest BCUT2D eigenvalue weighted by molar-refractivity contribution is 5.29. The summed E-state index contributed by atoms with van der Waals surface area (Å²) in [6.07, 6.45) is 4.06. The standard InChI is InChI=1S/C16H28N4/c1-12(2)15-10-13(3)18-16(19-15)17-11-14(4)20-8-6-5-7-9-20/h10,12,14H,5-9,11H2,1-4H3,(H,17,18,19). The van der Waals surface area contributed by atoms with E-state index in [2.05, 4.69) is 47.0 Å². The van der Waals surface area contributed by atoms with Gasteiger partial charge in [-0.25, -0.2) is 9.97 Å². The molecule has 0 saturated carbocycles. The van der Waals surface area contributed by atoms with E-state index in [-0.39, 0.29) is 0 Å². The molecule has 0 aromatic carbocycles. The Hall–Kier alpha value is -1.16. The van der Waals surface area contributed by atoms with Crippen LogP contribution in [0.15, 0.2) is 6.07 Å². The molecule has 2 rings (SSSR count). The molecular weight excluding hydrogens is 248 g/mol. The van der Waals surface area contributed by atoms with Crippen LogP contribution in [-0.4, -0.2) is 40.5 Å². The number of anilines is 1. The fourth-order valence-electron chi connectivity index (χ4n) is 2.69. The average Bonchev–Trinajstić information content (AvgIpc) is 2.45. The minimum atomic E-state index is 0.441. The molecule has 1 aromatic heterocycles. The van der Waals surface area contributed by atoms with Crippen molar-refractivity contribution in [2.75, 3.05) is 25.0 Å². The van der Waals surface area contributed by atoms with Gasteiger partial charge in [0.15, 0.2) is 0 Å². The van der Waals surface area contributed by atoms with Crippen molar-refractivity contribution in [1.29, 1.82) is 0 Å². The summed E-state index contributed by atoms with van der Waals surface area (Å²) in [6.45, 7) is 12.0. The number of nitrogens with zero attached hydrogens (tertiary/aromatic N) is 3. The predicted octanol–water partition coefficient (Wildman–Crippen LogP) is 3.19. The largest absolute Gasteiger partial charge is 0.353 e. The van der Waals surface area contributed by atoms with E-state index in [1.165, 1.54) is 32.4 Å². The third-order valence-corrected chi connectivity index (χ3v) is 4.04. The lowest BCUT2D eigenvalue weighted by atomic mass is 10.1. The molecule has 20 heavy (non-hydrogen) atoms. The van der Waals surface area contributed by atoms with Crippen molar-refractivity contribution in [3.05, 3.63) is 17.5 Å². The summed E-state index contributed by atoms with van der Waals surface area (Å²) in [4.78, 5) is 11.7. The smallest absolute Gasteiger partial charge is 0.223 e. The average molecular weight is 276 g/mol. The number of aromatic nitrogens is 2. The molecule has 1 N–H and O–H groups in total. The van der Waals surface area contributed by atoms with Crippen LogP contribution in [0.5, 0.6) is 0 Å². The molecule has 1 unspecified atom stereocenters. The molecule has 112 valence electrons. The zero-order valence-electron chi connectivity index (χ0n) is 13.3. The first kappa shape index (κ1) is 15.2. The van der Waals surface area contributed by atoms with Crippen molar-refractivity contribution in [2.45, 2.75) is 58.9 Å². The molecule has 4 nitrogen and oxygen atoms in total. The van der Waals surface area contributed by atoms with Crippen molar-refractivity contribution >= 4 is 5.95 Å². The van der Waals surface area contributed by atoms with Crippen molar-refractivity contribution in [2.24, 2.45) is 0 Å². The number of likely N-dealkylation sites (tertiary alicyclic amines) is 1. The Morgan fingerprint density at radius 1 is 1.15 bits per heavy atom. The summed E-state index contributed by atoms with van der Waals surface area (Å²) < 4.78 is 0. The number of rotatable bonds is 5. The van der Waals surface area contributed by atoms with Gasteiger partial charge in [-0.15, -0.1) is 0 Å². The Balaban J connectivity index is 1.92. The van der Waals surface area contributed by atoms with E-state index in [0.29, 0.717) is 12.0 Å². The number of nitrogens with one attached hydrogen (secondary N) is 1. The zero-order chi connectivity index (χ0) is 14.5. The van der Waals surface area contributed by atoms with Gasteiger partial charge >= 0.3 is 0 Å². The van der Waals surface area contributed by atoms with Gasteiger partial charge in [0.2, 0.25) is 5.95 Å². The van der Waals surface area contributed by atoms with Crippen molar-refractivity contribution in [3.63, 3.8) is 0 Å². The first-order valence-electron chi connectivity index (χ1n) is 7.89. The van der Waals surface area contributed by atoms with Crippen LogP contribution in [-0.2, 0) is 0 Å². The third kappa shape index (κ3) is 4.17. The minimum Gasteiger partial charge on any atom is -0.353 e. The van der Waals surface area contributed by atoms with E-state index in [0.717, 1.165) is 23.9 Å². The third-order valence-electron chi connectivity index (χ3n) is 4.04. The highest BCUT2D eigenvalue weighted by Gasteiger charge is 2.16. The van der Waals surface area contributed by atoms with Crippen molar-refractivity contribution in [3.8, 4) is 0 Å². The molecule has 0 aliphatic carbocycles. The number of hydrogen-bond donors (Lipinski definition) is 1. The van der Waals surface area contributed by atoms with Gasteiger partial charge in [0.25, 0.3) is 0 Å². The summed E-state index contributed by atoms with van der Waals surface area (Å²) in [6, 6.07) is 2.62. The van der Waals surface area contributed by atoms with E-state index in [1.807, 2.05) is 6.92 Å². The molecular formula is C16H28N4. The quantitative estimate of drug-likeness (QED) is 0.896. The topological polar surface area (TPSA) is 41.1 Å². The van der Waals surface area contributed by atoms with Crippen LogP contribution >= 0.6 is 0 Å². The van der Waals surface area contributed by atoms with Crippen LogP contribution in [0.1, 0.15) is 57.3 Å². The highest BCUT2D eigenvalue weighted by atomic mass is 15.2. The summed E-state index contributed by atoms with van der Waals surface area (Å²) in [5.74, 6) is 1.22. The maximum absolute atomic E-state index is 4.61. The van der Waals surface area contributed by atoms with Crippen LogP contribution in [0.4, 0.5) is 5.95 Å². The SMILES string of the molecule is Cc1cc(C(C)C)nc(NCC(C)N2CCCCC2)n1. The Bertz CT molecular complexity index is 424. The molecule has 0 bridgehead atoms. The fourth-order valence-corrected chi connectivity index (χ4v) is 2.69. The number of piperidine rings is 1. The van der Waals surface area contributed by atoms with Gasteiger partial charge in [-0.05, 0) is 51.8 Å². The van der Waals surface area contributed by atoms with E-state index < -0.39 is 0 Å². The molecule has 1 aliphatic rings. The Morgan fingerprint density at radius 3 is 2.50 bits per heavy atom. The second-order valence-corrected chi connectivity index (χ2v) is 6.24. The summed E-state index contributed by atoms with van der Waals surface area (Å²) in [7, 11) is 0. The number of hydrogen-bond acceptors (Lipinski definition) is 4. The fraction of sp³-hybridized carbons (Fsp3) is 0.750. The van der Waals surface area contributed by atoms with Gasteiger partial charge in [-0.1, -0.05) is 20.3 Å². The van der Waals surface area contributed by atoms with Gasteiger partial charge in [0.1, 0.15) is 0 Å². The monoisotopic (exact) mass is 276 g/mol. The van der Waals surface area contributed by atoms with Crippen molar-refractivity contribution in [1.82, 2.24) is 14.9 Å². The lowest BCUT2D eigenvalue weighted by molar-refractivity contribution is 0.180. The minimum absolute atomic E-state index is 0.441. The van der Waals surface area contributed by atoms with Gasteiger partial charge in [0, 0.05) is 24.0 Å². The van der Waals surface area contributed by atoms with Crippen LogP contribution in [0, 0.1) is 6.92 Å². The van der Waals surface area contributed by atoms with Gasteiger partial charge in [0.05, 0.1) is 0 Å². The lowest BCUT2D eigenvalue weighted by Gasteiger charge is -2.32. The summed E-state index contributed by atoms with van der Waals surface area (Å²) >= 11 is 0. The first-order valence-corrected chi connectivity index (χ1v) is 7.89. The van der Waals surface area contributed by atoms with E-state index in [1.54, 1.807) is 0 Å². The molecule has 1 fully saturated rings. The second-order valence-electron chi connectivity index (χ2n) is 6.24. The van der Waals surface area contributed by atoms with E-state index in [9.17, 15) is 0 Å². The molecule has 1 saturated heterocycles. The molecule has 1 aromatic rings. The van der Waals surface area contributed by atoms with Crippen LogP contribution in [0.3, 0.4) is 0 Å². The molecule has 0 spiro atoms. The molecule has 2 heterocycles. The Labute approximate surface area is 123 Å². The highest BCUT2D eigenvalue weighted by Crippen LogP contribution is 2.15. The molecule has 0 radical (unpaired) electrons. The van der Waals surface area contributed by atoms with Gasteiger partial charge < -0.3 is 5.32 Å². The van der Waals surface area contributed by atoms with E-state index >= 15 is 0 Å². The molecule has 4 heteroatoms.